The summed E-state index contributed by atoms with van der Waals surface area (Å²) in [6, 6.07) is 5.16. The molecule has 3 rings (SSSR count). The summed E-state index contributed by atoms with van der Waals surface area (Å²) >= 11 is 1.92. The summed E-state index contributed by atoms with van der Waals surface area (Å²) in [5.74, 6) is 2.96. The number of thiophene rings is 1. The van der Waals surface area contributed by atoms with Gasteiger partial charge in [0.15, 0.2) is 0 Å². The zero-order chi connectivity index (χ0) is 15.0. The van der Waals surface area contributed by atoms with Crippen LogP contribution in [0.4, 0.5) is 0 Å². The van der Waals surface area contributed by atoms with Crippen LogP contribution in [0.15, 0.2) is 12.1 Å². The summed E-state index contributed by atoms with van der Waals surface area (Å²) in [6.07, 6.45) is 6.98. The summed E-state index contributed by atoms with van der Waals surface area (Å²) in [4.78, 5) is 5.41. The lowest BCUT2D eigenvalue weighted by Crippen LogP contribution is -2.41. The molecular weight excluding hydrogens is 276 g/mol. The monoisotopic (exact) mass is 306 g/mol. The molecule has 2 aliphatic carbocycles. The van der Waals surface area contributed by atoms with E-state index >= 15 is 0 Å². The number of aryl methyl sites for hydroxylation is 1. The highest BCUT2D eigenvalue weighted by molar-refractivity contribution is 7.12. The number of hydrogen-bond donors (Lipinski definition) is 1. The number of hydrogen-bond acceptors (Lipinski definition) is 3. The topological polar surface area (TPSA) is 29.3 Å². The average molecular weight is 307 g/mol. The van der Waals surface area contributed by atoms with Gasteiger partial charge in [0, 0.05) is 22.3 Å². The minimum Gasteiger partial charge on any atom is -0.326 e. The molecule has 21 heavy (non-hydrogen) atoms. The van der Waals surface area contributed by atoms with Gasteiger partial charge >= 0.3 is 0 Å². The van der Waals surface area contributed by atoms with Gasteiger partial charge in [-0.3, -0.25) is 4.90 Å². The van der Waals surface area contributed by atoms with Crippen LogP contribution in [0.25, 0.3) is 0 Å². The van der Waals surface area contributed by atoms with E-state index in [1.54, 1.807) is 0 Å². The molecule has 5 unspecified atom stereocenters. The van der Waals surface area contributed by atoms with Crippen LogP contribution in [0.1, 0.15) is 54.8 Å². The van der Waals surface area contributed by atoms with Crippen molar-refractivity contribution < 1.29 is 0 Å². The average Bonchev–Trinajstić information content (AvgIpc) is 3.16. The summed E-state index contributed by atoms with van der Waals surface area (Å²) in [5, 5.41) is 0. The Bertz CT molecular complexity index is 470. The molecule has 0 aliphatic heterocycles. The molecule has 1 heterocycles. The van der Waals surface area contributed by atoms with Crippen LogP contribution in [0.2, 0.25) is 0 Å². The van der Waals surface area contributed by atoms with E-state index in [0.29, 0.717) is 6.04 Å². The Morgan fingerprint density at radius 1 is 1.33 bits per heavy atom. The second-order valence-corrected chi connectivity index (χ2v) is 8.66. The molecule has 2 N–H and O–H groups in total. The molecule has 0 saturated heterocycles. The van der Waals surface area contributed by atoms with E-state index < -0.39 is 0 Å². The molecule has 2 saturated carbocycles. The third-order valence-corrected chi connectivity index (χ3v) is 6.88. The van der Waals surface area contributed by atoms with E-state index in [-0.39, 0.29) is 6.04 Å². The van der Waals surface area contributed by atoms with Crippen LogP contribution in [-0.4, -0.2) is 24.5 Å². The molecule has 0 spiro atoms. The lowest BCUT2D eigenvalue weighted by Gasteiger charge is -2.35. The Labute approximate surface area is 133 Å². The number of fused-ring (bicyclic) bond motifs is 2. The van der Waals surface area contributed by atoms with Gasteiger partial charge in [0.25, 0.3) is 0 Å². The maximum absolute atomic E-state index is 6.47. The SMILES string of the molecule is CCC(N)C(c1ccc(C)s1)N(C)CC1CC2CCC1C2. The highest BCUT2D eigenvalue weighted by atomic mass is 32.1. The molecule has 2 nitrogen and oxygen atoms in total. The fourth-order valence-corrected chi connectivity index (χ4v) is 5.79. The van der Waals surface area contributed by atoms with E-state index in [1.165, 1.54) is 42.0 Å². The van der Waals surface area contributed by atoms with Crippen molar-refractivity contribution in [3.63, 3.8) is 0 Å². The zero-order valence-electron chi connectivity index (χ0n) is 13.7. The molecule has 2 fully saturated rings. The standard InChI is InChI=1S/C18H30N2S/c1-4-16(19)18(17-8-5-12(2)21-17)20(3)11-15-10-13-6-7-14(15)9-13/h5,8,13-16,18H,4,6-7,9-11,19H2,1-3H3. The molecule has 2 aliphatic rings. The molecule has 0 amide bonds. The van der Waals surface area contributed by atoms with Crippen LogP contribution in [0.3, 0.4) is 0 Å². The molecule has 5 atom stereocenters. The Morgan fingerprint density at radius 2 is 2.14 bits per heavy atom. The van der Waals surface area contributed by atoms with Crippen LogP contribution in [-0.2, 0) is 0 Å². The Balaban J connectivity index is 1.70. The van der Waals surface area contributed by atoms with Crippen LogP contribution in [0, 0.1) is 24.7 Å². The summed E-state index contributed by atoms with van der Waals surface area (Å²) in [6.45, 7) is 5.64. The number of rotatable bonds is 6. The Kier molecular flexibility index (Phi) is 4.72. The molecule has 1 aromatic rings. The minimum absolute atomic E-state index is 0.242. The molecule has 118 valence electrons. The van der Waals surface area contributed by atoms with Crippen LogP contribution in [0.5, 0.6) is 0 Å². The highest BCUT2D eigenvalue weighted by Crippen LogP contribution is 2.49. The van der Waals surface area contributed by atoms with Gasteiger partial charge in [0.1, 0.15) is 0 Å². The van der Waals surface area contributed by atoms with Gasteiger partial charge in [-0.15, -0.1) is 11.3 Å². The van der Waals surface area contributed by atoms with Gasteiger partial charge in [0.05, 0.1) is 6.04 Å². The third kappa shape index (κ3) is 3.20. The van der Waals surface area contributed by atoms with Crippen molar-refractivity contribution in [2.24, 2.45) is 23.5 Å². The van der Waals surface area contributed by atoms with Crippen molar-refractivity contribution in [2.45, 2.75) is 58.0 Å². The van der Waals surface area contributed by atoms with Gasteiger partial charge in [-0.2, -0.15) is 0 Å². The van der Waals surface area contributed by atoms with Crippen molar-refractivity contribution in [3.8, 4) is 0 Å². The van der Waals surface area contributed by atoms with Gasteiger partial charge in [-0.25, -0.2) is 0 Å². The number of nitrogens with two attached hydrogens (primary N) is 1. The number of nitrogens with zero attached hydrogens (tertiary/aromatic N) is 1. The first kappa shape index (κ1) is 15.5. The number of likely N-dealkylation sites (N-methyl/N-ethyl adjacent to an activating group) is 1. The van der Waals surface area contributed by atoms with Gasteiger partial charge in [-0.05, 0) is 69.5 Å². The summed E-state index contributed by atoms with van der Waals surface area (Å²) in [7, 11) is 2.29. The smallest absolute Gasteiger partial charge is 0.0591 e. The highest BCUT2D eigenvalue weighted by Gasteiger charge is 2.40. The minimum atomic E-state index is 0.242. The van der Waals surface area contributed by atoms with E-state index in [1.807, 2.05) is 11.3 Å². The normalized spacial score (nSPS) is 31.0. The second kappa shape index (κ2) is 6.39. The maximum atomic E-state index is 6.47. The molecule has 0 aromatic carbocycles. The van der Waals surface area contributed by atoms with Gasteiger partial charge < -0.3 is 5.73 Å². The van der Waals surface area contributed by atoms with Crippen molar-refractivity contribution in [1.82, 2.24) is 4.90 Å². The summed E-state index contributed by atoms with van der Waals surface area (Å²) < 4.78 is 0. The maximum Gasteiger partial charge on any atom is 0.0591 e. The second-order valence-electron chi connectivity index (χ2n) is 7.34. The lowest BCUT2D eigenvalue weighted by atomic mass is 9.88. The van der Waals surface area contributed by atoms with E-state index in [4.69, 9.17) is 5.73 Å². The predicted octanol–water partition coefficient (Wildman–Crippen LogP) is 4.20. The van der Waals surface area contributed by atoms with Gasteiger partial charge in [-0.1, -0.05) is 13.3 Å². The molecule has 0 radical (unpaired) electrons. The summed E-state index contributed by atoms with van der Waals surface area (Å²) in [5.41, 5.74) is 6.47. The van der Waals surface area contributed by atoms with Crippen molar-refractivity contribution >= 4 is 11.3 Å². The van der Waals surface area contributed by atoms with Crippen molar-refractivity contribution in [1.29, 1.82) is 0 Å². The van der Waals surface area contributed by atoms with Gasteiger partial charge in [0.2, 0.25) is 0 Å². The first-order chi connectivity index (χ1) is 10.1. The first-order valence-electron chi connectivity index (χ1n) is 8.60. The van der Waals surface area contributed by atoms with E-state index in [0.717, 1.165) is 24.2 Å². The zero-order valence-corrected chi connectivity index (χ0v) is 14.5. The van der Waals surface area contributed by atoms with E-state index in [9.17, 15) is 0 Å². The quantitative estimate of drug-likeness (QED) is 0.853. The fourth-order valence-electron chi connectivity index (χ4n) is 4.67. The fraction of sp³-hybridized carbons (Fsp3) is 0.778. The van der Waals surface area contributed by atoms with Crippen LogP contribution < -0.4 is 5.73 Å². The first-order valence-corrected chi connectivity index (χ1v) is 9.42. The third-order valence-electron chi connectivity index (χ3n) is 5.81. The largest absolute Gasteiger partial charge is 0.326 e. The van der Waals surface area contributed by atoms with Crippen molar-refractivity contribution in [2.75, 3.05) is 13.6 Å². The molecule has 3 heteroatoms. The van der Waals surface area contributed by atoms with Crippen LogP contribution >= 0.6 is 11.3 Å². The Hall–Kier alpha value is -0.380. The molecule has 2 bridgehead atoms. The van der Waals surface area contributed by atoms with Crippen molar-refractivity contribution in [3.05, 3.63) is 21.9 Å². The molecule has 1 aromatic heterocycles. The van der Waals surface area contributed by atoms with E-state index in [2.05, 4.69) is 37.9 Å². The predicted molar refractivity (Wildman–Crippen MR) is 91.6 cm³/mol. The Morgan fingerprint density at radius 3 is 2.67 bits per heavy atom. The molecular formula is C18H30N2S. The lowest BCUT2D eigenvalue weighted by molar-refractivity contribution is 0.155.